The minimum absolute atomic E-state index is 0.0311. The van der Waals surface area contributed by atoms with Crippen LogP contribution in [0.4, 0.5) is 5.69 Å². The minimum Gasteiger partial charge on any atom is -0.398 e. The molecule has 2 aromatic rings. The zero-order chi connectivity index (χ0) is 13.9. The minimum atomic E-state index is -3.22. The second kappa shape index (κ2) is 5.75. The number of nitrogens with two attached hydrogens (primary N) is 1. The number of anilines is 1. The van der Waals surface area contributed by atoms with Gasteiger partial charge in [0.25, 0.3) is 0 Å². The van der Waals surface area contributed by atoms with Gasteiger partial charge in [0, 0.05) is 10.2 Å². The Morgan fingerprint density at radius 1 is 1.00 bits per heavy atom. The average Bonchev–Trinajstić information content (AvgIpc) is 2.33. The van der Waals surface area contributed by atoms with Crippen LogP contribution >= 0.6 is 15.9 Å². The number of halogens is 1. The molecule has 0 saturated heterocycles. The molecule has 5 heteroatoms. The molecular formula is C14H14BrNO2S. The molecule has 2 aromatic carbocycles. The molecule has 0 aromatic heterocycles. The highest BCUT2D eigenvalue weighted by molar-refractivity contribution is 9.10. The summed E-state index contributed by atoms with van der Waals surface area (Å²) in [5.41, 5.74) is 7.75. The third-order valence-electron chi connectivity index (χ3n) is 2.71. The number of benzene rings is 2. The largest absolute Gasteiger partial charge is 0.398 e. The van der Waals surface area contributed by atoms with Gasteiger partial charge >= 0.3 is 0 Å². The van der Waals surface area contributed by atoms with Crippen LogP contribution in [0.2, 0.25) is 0 Å². The Morgan fingerprint density at radius 3 is 2.32 bits per heavy atom. The predicted octanol–water partition coefficient (Wildman–Crippen LogP) is 3.15. The lowest BCUT2D eigenvalue weighted by molar-refractivity contribution is 0.594. The van der Waals surface area contributed by atoms with Gasteiger partial charge in [-0.25, -0.2) is 8.42 Å². The number of hydrogen-bond donors (Lipinski definition) is 1. The summed E-state index contributed by atoms with van der Waals surface area (Å²) < 4.78 is 25.1. The fourth-order valence-electron chi connectivity index (χ4n) is 1.81. The summed E-state index contributed by atoms with van der Waals surface area (Å²) in [5, 5.41) is 0. The Morgan fingerprint density at radius 2 is 1.68 bits per heavy atom. The molecule has 0 saturated carbocycles. The normalized spacial score (nSPS) is 11.4. The molecule has 0 aliphatic rings. The molecular weight excluding hydrogens is 326 g/mol. The number of nitrogen functional groups attached to an aromatic ring is 1. The predicted molar refractivity (Wildman–Crippen MR) is 81.3 cm³/mol. The summed E-state index contributed by atoms with van der Waals surface area (Å²) in [4.78, 5) is 0. The molecule has 19 heavy (non-hydrogen) atoms. The maximum Gasteiger partial charge on any atom is 0.158 e. The molecule has 3 nitrogen and oxygen atoms in total. The van der Waals surface area contributed by atoms with E-state index in [2.05, 4.69) is 15.9 Å². The molecule has 0 amide bonds. The van der Waals surface area contributed by atoms with E-state index in [1.807, 2.05) is 30.3 Å². The fraction of sp³-hybridized carbons (Fsp3) is 0.143. The molecule has 2 N–H and O–H groups in total. The van der Waals surface area contributed by atoms with Crippen molar-refractivity contribution < 1.29 is 8.42 Å². The van der Waals surface area contributed by atoms with Gasteiger partial charge in [-0.05, 0) is 23.3 Å². The standard InChI is InChI=1S/C14H14BrNO2S/c15-13-7-6-12(14(16)8-13)10-19(17,18)9-11-4-2-1-3-5-11/h1-8H,9-10,16H2. The number of rotatable bonds is 4. The van der Waals surface area contributed by atoms with E-state index in [0.29, 0.717) is 11.3 Å². The van der Waals surface area contributed by atoms with E-state index < -0.39 is 9.84 Å². The van der Waals surface area contributed by atoms with Crippen LogP contribution in [-0.4, -0.2) is 8.42 Å². The highest BCUT2D eigenvalue weighted by Crippen LogP contribution is 2.21. The maximum atomic E-state index is 12.1. The Labute approximate surface area is 121 Å². The Kier molecular flexibility index (Phi) is 4.27. The van der Waals surface area contributed by atoms with Gasteiger partial charge in [0.2, 0.25) is 0 Å². The fourth-order valence-corrected chi connectivity index (χ4v) is 3.73. The molecule has 0 radical (unpaired) electrons. The Bertz CT molecular complexity index is 669. The van der Waals surface area contributed by atoms with Gasteiger partial charge < -0.3 is 5.73 Å². The zero-order valence-corrected chi connectivity index (χ0v) is 12.6. The summed E-state index contributed by atoms with van der Waals surface area (Å²) >= 11 is 3.30. The topological polar surface area (TPSA) is 60.2 Å². The van der Waals surface area contributed by atoms with Gasteiger partial charge in [0.05, 0.1) is 11.5 Å². The molecule has 0 unspecified atom stereocenters. The zero-order valence-electron chi connectivity index (χ0n) is 10.2. The van der Waals surface area contributed by atoms with Gasteiger partial charge in [-0.15, -0.1) is 0 Å². The summed E-state index contributed by atoms with van der Waals surface area (Å²) in [6.45, 7) is 0. The first-order valence-electron chi connectivity index (χ1n) is 5.74. The van der Waals surface area contributed by atoms with Crippen LogP contribution in [0, 0.1) is 0 Å². The van der Waals surface area contributed by atoms with Crippen molar-refractivity contribution in [1.82, 2.24) is 0 Å². The Balaban J connectivity index is 2.17. The monoisotopic (exact) mass is 339 g/mol. The van der Waals surface area contributed by atoms with Crippen molar-refractivity contribution in [3.05, 3.63) is 64.1 Å². The molecule has 100 valence electrons. The second-order valence-corrected chi connectivity index (χ2v) is 7.34. The smallest absolute Gasteiger partial charge is 0.158 e. The summed E-state index contributed by atoms with van der Waals surface area (Å²) in [5.74, 6) is -0.00957. The highest BCUT2D eigenvalue weighted by atomic mass is 79.9. The van der Waals surface area contributed by atoms with Gasteiger partial charge in [0.15, 0.2) is 9.84 Å². The van der Waals surface area contributed by atoms with Crippen molar-refractivity contribution in [1.29, 1.82) is 0 Å². The van der Waals surface area contributed by atoms with Crippen molar-refractivity contribution in [2.45, 2.75) is 11.5 Å². The first-order valence-corrected chi connectivity index (χ1v) is 8.36. The molecule has 0 atom stereocenters. The van der Waals surface area contributed by atoms with Gasteiger partial charge in [-0.1, -0.05) is 52.3 Å². The van der Waals surface area contributed by atoms with Crippen molar-refractivity contribution in [3.8, 4) is 0 Å². The van der Waals surface area contributed by atoms with Crippen LogP contribution < -0.4 is 5.73 Å². The van der Waals surface area contributed by atoms with Gasteiger partial charge in [0.1, 0.15) is 0 Å². The van der Waals surface area contributed by atoms with Gasteiger partial charge in [-0.3, -0.25) is 0 Å². The lowest BCUT2D eigenvalue weighted by Crippen LogP contribution is -2.09. The van der Waals surface area contributed by atoms with Crippen LogP contribution in [0.25, 0.3) is 0 Å². The molecule has 2 rings (SSSR count). The molecule has 0 heterocycles. The molecule has 0 bridgehead atoms. The Hall–Kier alpha value is -1.33. The van der Waals surface area contributed by atoms with Crippen molar-refractivity contribution in [2.24, 2.45) is 0 Å². The van der Waals surface area contributed by atoms with E-state index in [9.17, 15) is 8.42 Å². The van der Waals surface area contributed by atoms with E-state index in [0.717, 1.165) is 10.0 Å². The van der Waals surface area contributed by atoms with E-state index >= 15 is 0 Å². The average molecular weight is 340 g/mol. The quantitative estimate of drug-likeness (QED) is 0.870. The first kappa shape index (κ1) is 14.1. The molecule has 0 spiro atoms. The van der Waals surface area contributed by atoms with E-state index in [1.54, 1.807) is 18.2 Å². The van der Waals surface area contributed by atoms with Crippen LogP contribution in [-0.2, 0) is 21.3 Å². The highest BCUT2D eigenvalue weighted by Gasteiger charge is 2.14. The second-order valence-electron chi connectivity index (χ2n) is 4.36. The molecule has 0 fully saturated rings. The summed E-state index contributed by atoms with van der Waals surface area (Å²) in [7, 11) is -3.22. The van der Waals surface area contributed by atoms with E-state index in [4.69, 9.17) is 5.73 Å². The van der Waals surface area contributed by atoms with Crippen LogP contribution in [0.1, 0.15) is 11.1 Å². The van der Waals surface area contributed by atoms with Crippen LogP contribution in [0.15, 0.2) is 53.0 Å². The third-order valence-corrected chi connectivity index (χ3v) is 4.73. The summed E-state index contributed by atoms with van der Waals surface area (Å²) in [6.07, 6.45) is 0. The third kappa shape index (κ3) is 4.08. The maximum absolute atomic E-state index is 12.1. The van der Waals surface area contributed by atoms with Crippen LogP contribution in [0.3, 0.4) is 0 Å². The van der Waals surface area contributed by atoms with E-state index in [-0.39, 0.29) is 11.5 Å². The lowest BCUT2D eigenvalue weighted by Gasteiger charge is -2.08. The summed E-state index contributed by atoms with van der Waals surface area (Å²) in [6, 6.07) is 14.4. The van der Waals surface area contributed by atoms with Crippen molar-refractivity contribution in [3.63, 3.8) is 0 Å². The first-order chi connectivity index (χ1) is 8.96. The number of sulfone groups is 1. The van der Waals surface area contributed by atoms with Crippen LogP contribution in [0.5, 0.6) is 0 Å². The molecule has 0 aliphatic heterocycles. The lowest BCUT2D eigenvalue weighted by atomic mass is 10.2. The SMILES string of the molecule is Nc1cc(Br)ccc1CS(=O)(=O)Cc1ccccc1. The van der Waals surface area contributed by atoms with Crippen molar-refractivity contribution in [2.75, 3.05) is 5.73 Å². The van der Waals surface area contributed by atoms with E-state index in [1.165, 1.54) is 0 Å². The van der Waals surface area contributed by atoms with Crippen molar-refractivity contribution >= 4 is 31.5 Å². The molecule has 0 aliphatic carbocycles. The number of hydrogen-bond acceptors (Lipinski definition) is 3. The van der Waals surface area contributed by atoms with Gasteiger partial charge in [-0.2, -0.15) is 0 Å².